The molecule has 8 aromatic rings. The summed E-state index contributed by atoms with van der Waals surface area (Å²) in [4.78, 5) is 3.93. The van der Waals surface area contributed by atoms with Crippen LogP contribution in [0.2, 0.25) is 0 Å². The molecule has 304 valence electrons. The maximum absolute atomic E-state index is 2.56. The average Bonchev–Trinajstić information content (AvgIpc) is 3.93. The van der Waals surface area contributed by atoms with Crippen molar-refractivity contribution in [2.45, 2.75) is 29.9 Å². The Labute approximate surface area is 379 Å². The van der Waals surface area contributed by atoms with E-state index in [4.69, 9.17) is 0 Å². The summed E-state index contributed by atoms with van der Waals surface area (Å²) >= 11 is 2.09. The molecule has 0 bridgehead atoms. The van der Waals surface area contributed by atoms with Gasteiger partial charge in [0.05, 0.1) is 11.1 Å². The minimum Gasteiger partial charge on any atom is -0.310 e. The summed E-state index contributed by atoms with van der Waals surface area (Å²) in [7, 11) is 0. The standard InChI is InChI=1S/C62H45NS/c1-61-37-15-14-31-56(61)59-51-35-33-41(38-52(44-18-4-2-5-19-44)49-29-16-22-42-20-8-10-26-47(42)49)39-57(51)62(60(59)64-61)54-30-13-12-28-50(54)53-40-46(34-36-55(53)62)63(45-24-6-3-7-25-45)58-32-17-23-43-21-9-11-27-48(43)58/h2-4,6-18,20-40,56H,5,19H2,1H3/b52-38-. The highest BCUT2D eigenvalue weighted by molar-refractivity contribution is 8.05. The van der Waals surface area contributed by atoms with Crippen molar-refractivity contribution >= 4 is 67.6 Å². The Morgan fingerprint density at radius 1 is 0.609 bits per heavy atom. The fraction of sp³-hybridized carbons (Fsp3) is 0.0968. The molecule has 64 heavy (non-hydrogen) atoms. The molecule has 0 radical (unpaired) electrons. The molecule has 4 aliphatic carbocycles. The first-order valence-corrected chi connectivity index (χ1v) is 23.5. The van der Waals surface area contributed by atoms with E-state index in [9.17, 15) is 0 Å². The van der Waals surface area contributed by atoms with Crippen LogP contribution in [0, 0.1) is 5.92 Å². The molecule has 0 amide bonds. The minimum absolute atomic E-state index is 0.0682. The Morgan fingerprint density at radius 2 is 1.36 bits per heavy atom. The first-order valence-electron chi connectivity index (χ1n) is 22.7. The quantitative estimate of drug-likeness (QED) is 0.154. The van der Waals surface area contributed by atoms with Gasteiger partial charge in [0, 0.05) is 32.3 Å². The lowest BCUT2D eigenvalue weighted by atomic mass is 9.73. The van der Waals surface area contributed by atoms with Crippen LogP contribution < -0.4 is 4.90 Å². The van der Waals surface area contributed by atoms with Gasteiger partial charge in [0.2, 0.25) is 0 Å². The zero-order valence-electron chi connectivity index (χ0n) is 35.7. The Morgan fingerprint density at radius 3 is 2.22 bits per heavy atom. The number of allylic oxidation sites excluding steroid dienone is 10. The van der Waals surface area contributed by atoms with Crippen LogP contribution in [0.4, 0.5) is 17.1 Å². The van der Waals surface area contributed by atoms with Crippen molar-refractivity contribution < 1.29 is 0 Å². The lowest BCUT2D eigenvalue weighted by Crippen LogP contribution is -2.30. The fourth-order valence-corrected chi connectivity index (χ4v) is 13.4. The number of thioether (sulfide) groups is 1. The Bertz CT molecular complexity index is 3440. The molecule has 5 aliphatic rings. The summed E-state index contributed by atoms with van der Waals surface area (Å²) in [6.45, 7) is 2.45. The number of rotatable bonds is 6. The number of nitrogens with zero attached hydrogens (tertiary/aromatic N) is 1. The first kappa shape index (κ1) is 37.4. The van der Waals surface area contributed by atoms with Gasteiger partial charge in [0.25, 0.3) is 0 Å². The van der Waals surface area contributed by atoms with Crippen LogP contribution in [0.25, 0.3) is 49.9 Å². The van der Waals surface area contributed by atoms with E-state index in [1.165, 1.54) is 93.4 Å². The second-order valence-electron chi connectivity index (χ2n) is 18.0. The van der Waals surface area contributed by atoms with Crippen molar-refractivity contribution in [3.63, 3.8) is 0 Å². The summed E-state index contributed by atoms with van der Waals surface area (Å²) in [5.41, 5.74) is 17.8. The third kappa shape index (κ3) is 5.45. The molecular weight excluding hydrogens is 791 g/mol. The summed E-state index contributed by atoms with van der Waals surface area (Å²) in [6, 6.07) is 65.9. The fourth-order valence-electron chi connectivity index (χ4n) is 11.7. The second-order valence-corrected chi connectivity index (χ2v) is 19.5. The highest BCUT2D eigenvalue weighted by atomic mass is 32.2. The maximum atomic E-state index is 2.56. The van der Waals surface area contributed by atoms with Gasteiger partial charge in [-0.3, -0.25) is 0 Å². The molecule has 1 nitrogen and oxygen atoms in total. The van der Waals surface area contributed by atoms with Crippen LogP contribution in [-0.2, 0) is 5.41 Å². The van der Waals surface area contributed by atoms with Gasteiger partial charge in [0.15, 0.2) is 0 Å². The van der Waals surface area contributed by atoms with Gasteiger partial charge in [-0.25, -0.2) is 0 Å². The topological polar surface area (TPSA) is 3.24 Å². The van der Waals surface area contributed by atoms with Gasteiger partial charge >= 0.3 is 0 Å². The third-order valence-corrected chi connectivity index (χ3v) is 16.0. The monoisotopic (exact) mass is 835 g/mol. The average molecular weight is 836 g/mol. The van der Waals surface area contributed by atoms with Crippen LogP contribution in [0.1, 0.15) is 53.1 Å². The van der Waals surface area contributed by atoms with Crippen LogP contribution in [-0.4, -0.2) is 4.75 Å². The molecule has 3 atom stereocenters. The number of hydrogen-bond acceptors (Lipinski definition) is 2. The van der Waals surface area contributed by atoms with Gasteiger partial charge in [-0.1, -0.05) is 182 Å². The number of hydrogen-bond donors (Lipinski definition) is 0. The molecule has 1 aliphatic heterocycles. The zero-order valence-corrected chi connectivity index (χ0v) is 36.5. The van der Waals surface area contributed by atoms with Gasteiger partial charge in [-0.15, -0.1) is 11.8 Å². The second kappa shape index (κ2) is 14.5. The molecule has 2 heteroatoms. The molecule has 1 heterocycles. The van der Waals surface area contributed by atoms with Gasteiger partial charge in [0.1, 0.15) is 0 Å². The number of fused-ring (bicyclic) bond motifs is 13. The predicted octanol–water partition coefficient (Wildman–Crippen LogP) is 16.6. The normalized spacial score (nSPS) is 21.2. The molecule has 1 spiro atoms. The van der Waals surface area contributed by atoms with Crippen LogP contribution in [0.15, 0.2) is 229 Å². The van der Waals surface area contributed by atoms with Crippen molar-refractivity contribution in [2.75, 3.05) is 4.90 Å². The maximum Gasteiger partial charge on any atom is 0.0782 e. The van der Waals surface area contributed by atoms with E-state index >= 15 is 0 Å². The molecule has 0 aromatic heterocycles. The molecule has 0 N–H and O–H groups in total. The van der Waals surface area contributed by atoms with Crippen LogP contribution in [0.3, 0.4) is 0 Å². The lowest BCUT2D eigenvalue weighted by Gasteiger charge is -2.36. The van der Waals surface area contributed by atoms with Crippen LogP contribution in [0.5, 0.6) is 0 Å². The van der Waals surface area contributed by atoms with E-state index in [-0.39, 0.29) is 10.7 Å². The third-order valence-electron chi connectivity index (χ3n) is 14.5. The Kier molecular flexibility index (Phi) is 8.45. The van der Waals surface area contributed by atoms with Crippen molar-refractivity contribution in [3.05, 3.63) is 262 Å². The van der Waals surface area contributed by atoms with Gasteiger partial charge in [-0.05, 0) is 140 Å². The number of anilines is 3. The summed E-state index contributed by atoms with van der Waals surface area (Å²) in [5, 5.41) is 5.02. The Balaban J connectivity index is 1.06. The zero-order chi connectivity index (χ0) is 42.4. The van der Waals surface area contributed by atoms with Crippen molar-refractivity contribution in [2.24, 2.45) is 5.92 Å². The predicted molar refractivity (Wildman–Crippen MR) is 273 cm³/mol. The smallest absolute Gasteiger partial charge is 0.0782 e. The lowest BCUT2D eigenvalue weighted by molar-refractivity contribution is 0.685. The van der Waals surface area contributed by atoms with Crippen molar-refractivity contribution in [1.82, 2.24) is 0 Å². The number of para-hydroxylation sites is 1. The molecule has 3 unspecified atom stereocenters. The largest absolute Gasteiger partial charge is 0.310 e. The minimum atomic E-state index is -0.463. The van der Waals surface area contributed by atoms with Crippen molar-refractivity contribution in [3.8, 4) is 11.1 Å². The van der Waals surface area contributed by atoms with Gasteiger partial charge in [-0.2, -0.15) is 0 Å². The molecule has 0 saturated carbocycles. The molecule has 8 aromatic carbocycles. The van der Waals surface area contributed by atoms with E-state index < -0.39 is 5.41 Å². The molecular formula is C62H45NS. The van der Waals surface area contributed by atoms with E-state index in [2.05, 4.69) is 248 Å². The SMILES string of the molecule is CC12C=CC=CC1C1=C(S2)C2(c3cc(/C=C(/C4=CC=CCC4)c4cccc5ccccc45)ccc31)c1ccccc1-c1cc(N(c3ccccc3)c3cccc4ccccc34)ccc12. The van der Waals surface area contributed by atoms with Gasteiger partial charge < -0.3 is 4.90 Å². The highest BCUT2D eigenvalue weighted by Gasteiger charge is 2.60. The van der Waals surface area contributed by atoms with E-state index in [1.54, 1.807) is 0 Å². The van der Waals surface area contributed by atoms with Crippen LogP contribution >= 0.6 is 11.8 Å². The first-order chi connectivity index (χ1) is 31.6. The summed E-state index contributed by atoms with van der Waals surface area (Å²) in [5.74, 6) is 0.276. The molecule has 0 fully saturated rings. The van der Waals surface area contributed by atoms with E-state index in [0.29, 0.717) is 0 Å². The number of benzene rings is 8. The van der Waals surface area contributed by atoms with Crippen molar-refractivity contribution in [1.29, 1.82) is 0 Å². The molecule has 13 rings (SSSR count). The van der Waals surface area contributed by atoms with E-state index in [1.807, 2.05) is 0 Å². The molecule has 0 saturated heterocycles. The summed E-state index contributed by atoms with van der Waals surface area (Å²) < 4.78 is -0.0682. The Hall–Kier alpha value is -7.13. The van der Waals surface area contributed by atoms with E-state index in [0.717, 1.165) is 24.2 Å². The highest BCUT2D eigenvalue weighted by Crippen LogP contribution is 2.72. The summed E-state index contributed by atoms with van der Waals surface area (Å²) in [6.07, 6.45) is 20.8.